The first-order valence-corrected chi connectivity index (χ1v) is 16.6. The molecular weight excluding hydrogens is 661 g/mol. The van der Waals surface area contributed by atoms with Crippen LogP contribution in [0.3, 0.4) is 0 Å². The molecule has 0 N–H and O–H groups in total. The van der Waals surface area contributed by atoms with Crippen molar-refractivity contribution in [3.8, 4) is 17.2 Å². The summed E-state index contributed by atoms with van der Waals surface area (Å²) in [5, 5.41) is 10.2. The maximum atomic E-state index is 13.9. The molecule has 0 radical (unpaired) electrons. The largest absolute Gasteiger partial charge is 0.496 e. The van der Waals surface area contributed by atoms with Crippen molar-refractivity contribution in [1.82, 2.24) is 39.9 Å². The molecule has 0 bridgehead atoms. The maximum absolute atomic E-state index is 13.9. The lowest BCUT2D eigenvalue weighted by molar-refractivity contribution is -0.146. The Bertz CT molecular complexity index is 1910. The molecule has 7 rings (SSSR count). The number of carbonyl (C=O) groups excluding carboxylic acids is 1. The minimum Gasteiger partial charge on any atom is -0.496 e. The zero-order valence-electron chi connectivity index (χ0n) is 28.1. The summed E-state index contributed by atoms with van der Waals surface area (Å²) in [5.74, 6) is -0.720. The van der Waals surface area contributed by atoms with Crippen molar-refractivity contribution in [2.24, 2.45) is 0 Å². The molecule has 14 heteroatoms. The molecule has 2 aromatic heterocycles. The lowest BCUT2D eigenvalue weighted by Gasteiger charge is -2.53. The molecule has 3 aromatic carbocycles. The van der Waals surface area contributed by atoms with Crippen LogP contribution in [0.5, 0.6) is 11.5 Å². The lowest BCUT2D eigenvalue weighted by Crippen LogP contribution is -2.67. The molecule has 5 aromatic rings. The molecule has 4 heterocycles. The second kappa shape index (κ2) is 14.5. The Morgan fingerprint density at radius 1 is 0.882 bits per heavy atom. The summed E-state index contributed by atoms with van der Waals surface area (Å²) in [5.41, 5.74) is 3.47. The van der Waals surface area contributed by atoms with Crippen molar-refractivity contribution in [1.29, 1.82) is 0 Å². The van der Waals surface area contributed by atoms with Gasteiger partial charge in [-0.05, 0) is 45.8 Å². The Labute approximate surface area is 293 Å². The van der Waals surface area contributed by atoms with E-state index in [1.54, 1.807) is 30.6 Å². The summed E-state index contributed by atoms with van der Waals surface area (Å²) in [6.45, 7) is 3.22. The number of hydrogen-bond donors (Lipinski definition) is 0. The highest BCUT2D eigenvalue weighted by Gasteiger charge is 2.44. The number of piperazine rings is 2. The summed E-state index contributed by atoms with van der Waals surface area (Å²) in [7, 11) is 2.92. The average molecular weight is 699 g/mol. The SMILES string of the molecule is COc1ccc(-n2nnnc2C(F)(F)F)c(OC)c1CN1C[C@@H]2CN(C(=O)c3cccnc3)CCN2[C@H](C(c2ccccc2)c2ccccc2)C1. The van der Waals surface area contributed by atoms with Crippen LogP contribution in [-0.2, 0) is 12.7 Å². The molecule has 264 valence electrons. The first-order valence-electron chi connectivity index (χ1n) is 16.6. The number of tetrazole rings is 1. The van der Waals surface area contributed by atoms with Gasteiger partial charge in [0.1, 0.15) is 11.4 Å². The van der Waals surface area contributed by atoms with Gasteiger partial charge in [-0.2, -0.15) is 17.9 Å². The number of hydrogen-bond acceptors (Lipinski definition) is 9. The van der Waals surface area contributed by atoms with Crippen LogP contribution in [0.2, 0.25) is 0 Å². The number of nitrogens with zero attached hydrogens (tertiary/aromatic N) is 8. The third kappa shape index (κ3) is 6.88. The zero-order valence-corrected chi connectivity index (χ0v) is 28.1. The van der Waals surface area contributed by atoms with Gasteiger partial charge in [-0.25, -0.2) is 0 Å². The number of carbonyl (C=O) groups is 1. The van der Waals surface area contributed by atoms with Crippen LogP contribution < -0.4 is 9.47 Å². The van der Waals surface area contributed by atoms with Gasteiger partial charge in [0.05, 0.1) is 25.3 Å². The number of fused-ring (bicyclic) bond motifs is 1. The van der Waals surface area contributed by atoms with E-state index < -0.39 is 12.0 Å². The molecule has 2 fully saturated rings. The highest BCUT2D eigenvalue weighted by Crippen LogP contribution is 2.40. The second-order valence-corrected chi connectivity index (χ2v) is 12.7. The number of rotatable bonds is 9. The number of halogens is 3. The smallest absolute Gasteiger partial charge is 0.453 e. The standard InChI is InChI=1S/C37H37F3N8O3/c1-50-32-16-15-30(48-36(37(38,39)40)42-43-44-48)34(51-2)29(32)23-45-21-28-22-46(35(49)27-14-9-17-41-20-27)18-19-47(28)31(24-45)33(25-10-5-3-6-11-25)26-12-7-4-8-13-26/h3-17,20,28,31,33H,18-19,21-24H2,1-2H3/t28-,31+/m1/s1. The molecule has 51 heavy (non-hydrogen) atoms. The van der Waals surface area contributed by atoms with Gasteiger partial charge in [-0.1, -0.05) is 60.7 Å². The molecule has 0 aliphatic carbocycles. The van der Waals surface area contributed by atoms with Crippen molar-refractivity contribution in [2.75, 3.05) is 46.9 Å². The summed E-state index contributed by atoms with van der Waals surface area (Å²) in [4.78, 5) is 24.5. The highest BCUT2D eigenvalue weighted by atomic mass is 19.4. The van der Waals surface area contributed by atoms with E-state index in [1.807, 2.05) is 41.3 Å². The Morgan fingerprint density at radius 3 is 2.24 bits per heavy atom. The predicted octanol–water partition coefficient (Wildman–Crippen LogP) is 4.94. The minimum absolute atomic E-state index is 0.0102. The van der Waals surface area contributed by atoms with Crippen molar-refractivity contribution in [3.63, 3.8) is 0 Å². The van der Waals surface area contributed by atoms with E-state index in [0.29, 0.717) is 54.3 Å². The van der Waals surface area contributed by atoms with Crippen LogP contribution >= 0.6 is 0 Å². The molecule has 1 amide bonds. The molecular formula is C37H37F3N8O3. The van der Waals surface area contributed by atoms with E-state index in [1.165, 1.54) is 31.4 Å². The van der Waals surface area contributed by atoms with Crippen LogP contribution in [0.4, 0.5) is 13.2 Å². The lowest BCUT2D eigenvalue weighted by atomic mass is 9.81. The van der Waals surface area contributed by atoms with Gasteiger partial charge in [0.15, 0.2) is 5.75 Å². The monoisotopic (exact) mass is 698 g/mol. The van der Waals surface area contributed by atoms with Crippen LogP contribution in [0.25, 0.3) is 5.69 Å². The van der Waals surface area contributed by atoms with E-state index in [-0.39, 0.29) is 41.9 Å². The molecule has 2 aliphatic heterocycles. The van der Waals surface area contributed by atoms with E-state index in [0.717, 1.165) is 0 Å². The average Bonchev–Trinajstić information content (AvgIpc) is 3.67. The van der Waals surface area contributed by atoms with Gasteiger partial charge < -0.3 is 14.4 Å². The Hall–Kier alpha value is -5.34. The fraction of sp³-hybridized carbons (Fsp3) is 0.324. The molecule has 0 spiro atoms. The second-order valence-electron chi connectivity index (χ2n) is 12.7. The van der Waals surface area contributed by atoms with Crippen LogP contribution in [0.15, 0.2) is 97.3 Å². The molecule has 0 unspecified atom stereocenters. The van der Waals surface area contributed by atoms with Gasteiger partial charge in [0, 0.05) is 69.7 Å². The maximum Gasteiger partial charge on any atom is 0.453 e. The normalized spacial score (nSPS) is 18.4. The Balaban J connectivity index is 1.29. The van der Waals surface area contributed by atoms with Gasteiger partial charge in [-0.3, -0.25) is 19.6 Å². The number of alkyl halides is 3. The van der Waals surface area contributed by atoms with Gasteiger partial charge in [-0.15, -0.1) is 5.10 Å². The van der Waals surface area contributed by atoms with Gasteiger partial charge in [0.25, 0.3) is 11.7 Å². The van der Waals surface area contributed by atoms with E-state index >= 15 is 0 Å². The third-order valence-electron chi connectivity index (χ3n) is 9.72. The fourth-order valence-electron chi connectivity index (χ4n) is 7.53. The van der Waals surface area contributed by atoms with E-state index in [2.05, 4.69) is 54.6 Å². The number of ether oxygens (including phenoxy) is 2. The first kappa shape index (κ1) is 34.1. The summed E-state index contributed by atoms with van der Waals surface area (Å²) in [6.07, 6.45) is -1.56. The number of amides is 1. The fourth-order valence-corrected chi connectivity index (χ4v) is 7.53. The van der Waals surface area contributed by atoms with Crippen LogP contribution in [0, 0.1) is 0 Å². The Morgan fingerprint density at radius 2 is 1.61 bits per heavy atom. The molecule has 0 saturated carbocycles. The van der Waals surface area contributed by atoms with Crippen molar-refractivity contribution in [2.45, 2.75) is 30.7 Å². The Kier molecular flexibility index (Phi) is 9.69. The van der Waals surface area contributed by atoms with Crippen molar-refractivity contribution in [3.05, 3.63) is 125 Å². The van der Waals surface area contributed by atoms with Crippen LogP contribution in [0.1, 0.15) is 38.8 Å². The minimum atomic E-state index is -4.79. The number of methoxy groups -OCH3 is 2. The molecule has 11 nitrogen and oxygen atoms in total. The van der Waals surface area contributed by atoms with E-state index in [4.69, 9.17) is 9.47 Å². The number of benzene rings is 3. The number of aromatic nitrogens is 5. The van der Waals surface area contributed by atoms with Crippen molar-refractivity contribution >= 4 is 5.91 Å². The van der Waals surface area contributed by atoms with Gasteiger partial charge in [0.2, 0.25) is 0 Å². The van der Waals surface area contributed by atoms with Crippen LogP contribution in [-0.4, -0.2) is 105 Å². The highest BCUT2D eigenvalue weighted by molar-refractivity contribution is 5.94. The summed E-state index contributed by atoms with van der Waals surface area (Å²) < 4.78 is 53.9. The summed E-state index contributed by atoms with van der Waals surface area (Å²) >= 11 is 0. The summed E-state index contributed by atoms with van der Waals surface area (Å²) in [6, 6.07) is 27.3. The van der Waals surface area contributed by atoms with E-state index in [9.17, 15) is 18.0 Å². The number of pyridine rings is 1. The molecule has 2 aliphatic rings. The molecule has 2 saturated heterocycles. The van der Waals surface area contributed by atoms with Gasteiger partial charge >= 0.3 is 6.18 Å². The van der Waals surface area contributed by atoms with Crippen molar-refractivity contribution < 1.29 is 27.4 Å². The first-order chi connectivity index (χ1) is 24.8. The predicted molar refractivity (Wildman–Crippen MR) is 182 cm³/mol. The molecule has 2 atom stereocenters. The third-order valence-corrected chi connectivity index (χ3v) is 9.72. The quantitative estimate of drug-likeness (QED) is 0.212. The topological polar surface area (TPSA) is 102 Å². The zero-order chi connectivity index (χ0) is 35.5.